The molecule has 2 aliphatic carbocycles. The number of carbonyl (C=O) groups excluding carboxylic acids is 1. The van der Waals surface area contributed by atoms with Crippen molar-refractivity contribution in [2.45, 2.75) is 62.4 Å². The third-order valence-corrected chi connectivity index (χ3v) is 8.79. The van der Waals surface area contributed by atoms with Crippen LogP contribution in [-0.2, 0) is 4.79 Å². The summed E-state index contributed by atoms with van der Waals surface area (Å²) >= 11 is 1.85. The molecule has 1 saturated heterocycles. The van der Waals surface area contributed by atoms with E-state index in [0.717, 1.165) is 12.8 Å². The number of nitrogens with two attached hydrogens (primary N) is 1. The second kappa shape index (κ2) is 6.43. The fourth-order valence-electron chi connectivity index (χ4n) is 5.78. The average Bonchev–Trinajstić information content (AvgIpc) is 2.96. The van der Waals surface area contributed by atoms with Gasteiger partial charge in [0, 0.05) is 17.3 Å². The lowest BCUT2D eigenvalue weighted by atomic mass is 9.46. The zero-order valence-electron chi connectivity index (χ0n) is 14.7. The first-order chi connectivity index (χ1) is 11.3. The Labute approximate surface area is 147 Å². The van der Waals surface area contributed by atoms with Crippen molar-refractivity contribution in [2.24, 2.45) is 22.7 Å². The van der Waals surface area contributed by atoms with Crippen LogP contribution in [0.5, 0.6) is 0 Å². The maximum atomic E-state index is 11.5. The molecule has 6 nitrogen and oxygen atoms in total. The molecule has 0 amide bonds. The van der Waals surface area contributed by atoms with Gasteiger partial charge in [-0.25, -0.2) is 0 Å². The van der Waals surface area contributed by atoms with Gasteiger partial charge < -0.3 is 25.4 Å². The highest BCUT2D eigenvalue weighted by molar-refractivity contribution is 8.00. The molecular formula is C17H30N2O4S. The number of aliphatic carboxylic acids is 1. The largest absolute Gasteiger partial charge is 0.550 e. The smallest absolute Gasteiger partial charge is 0.188 e. The summed E-state index contributed by atoms with van der Waals surface area (Å²) < 4.78 is 0. The quantitative estimate of drug-likeness (QED) is 0.486. The van der Waals surface area contributed by atoms with Crippen molar-refractivity contribution in [1.82, 2.24) is 5.32 Å². The number of hydrogen-bond acceptors (Lipinski definition) is 6. The van der Waals surface area contributed by atoms with Crippen molar-refractivity contribution in [3.63, 3.8) is 0 Å². The number of aliphatic hydroxyl groups excluding tert-OH is 2. The lowest BCUT2D eigenvalue weighted by Gasteiger charge is -2.60. The van der Waals surface area contributed by atoms with Crippen LogP contribution in [-0.4, -0.2) is 52.7 Å². The van der Waals surface area contributed by atoms with Gasteiger partial charge >= 0.3 is 0 Å². The molecule has 138 valence electrons. The Morgan fingerprint density at radius 2 is 2.17 bits per heavy atom. The Morgan fingerprint density at radius 1 is 1.46 bits per heavy atom. The minimum atomic E-state index is -0.997. The topological polar surface area (TPSA) is 109 Å². The van der Waals surface area contributed by atoms with Gasteiger partial charge in [0.05, 0.1) is 18.0 Å². The van der Waals surface area contributed by atoms with Gasteiger partial charge in [0.2, 0.25) is 0 Å². The normalized spacial score (nSPS) is 51.0. The molecular weight excluding hydrogens is 328 g/mol. The van der Waals surface area contributed by atoms with Crippen LogP contribution in [0.2, 0.25) is 0 Å². The molecule has 0 bridgehead atoms. The highest BCUT2D eigenvalue weighted by Crippen LogP contribution is 2.62. The maximum absolute atomic E-state index is 11.5. The first kappa shape index (κ1) is 18.5. The Kier molecular flexibility index (Phi) is 4.94. The number of quaternary nitrogens is 1. The van der Waals surface area contributed by atoms with Crippen molar-refractivity contribution in [1.29, 1.82) is 0 Å². The zero-order chi connectivity index (χ0) is 17.7. The van der Waals surface area contributed by atoms with Crippen LogP contribution in [0.3, 0.4) is 0 Å². The standard InChI is InChI=1S/C17H30N2O4S/c1-16-5-4-12(21)17(2,8-20)11(16)7-10-14(9(16)6-13(22)23)19-15(18-3)24-10/h9-12,14-15,18-21H,4-8H2,1-3H3,(H,22,23)/t9-,10?,11+,12-,14?,15?,16+,17+/m1/s1. The van der Waals surface area contributed by atoms with Crippen LogP contribution in [0.25, 0.3) is 0 Å². The van der Waals surface area contributed by atoms with Crippen molar-refractivity contribution >= 4 is 17.7 Å². The molecule has 0 aromatic heterocycles. The Bertz CT molecular complexity index is 507. The fourth-order valence-corrected chi connectivity index (χ4v) is 7.33. The third-order valence-electron chi connectivity index (χ3n) is 7.25. The van der Waals surface area contributed by atoms with Gasteiger partial charge in [0.15, 0.2) is 5.50 Å². The highest BCUT2D eigenvalue weighted by Gasteiger charge is 2.64. The van der Waals surface area contributed by atoms with Crippen LogP contribution >= 0.6 is 11.8 Å². The molecule has 3 rings (SSSR count). The molecule has 3 unspecified atom stereocenters. The lowest BCUT2D eigenvalue weighted by molar-refractivity contribution is -0.708. The van der Waals surface area contributed by atoms with Crippen molar-refractivity contribution < 1.29 is 25.4 Å². The summed E-state index contributed by atoms with van der Waals surface area (Å²) in [5.41, 5.74) is -0.531. The lowest BCUT2D eigenvalue weighted by Crippen LogP contribution is -2.97. The van der Waals surface area contributed by atoms with Crippen LogP contribution in [0.1, 0.15) is 39.5 Å². The molecule has 0 spiro atoms. The predicted molar refractivity (Wildman–Crippen MR) is 89.7 cm³/mol. The van der Waals surface area contributed by atoms with Crippen LogP contribution in [0.4, 0.5) is 0 Å². The molecule has 5 N–H and O–H groups in total. The summed E-state index contributed by atoms with van der Waals surface area (Å²) in [5, 5.41) is 38.0. The predicted octanol–water partition coefficient (Wildman–Crippen LogP) is -1.53. The van der Waals surface area contributed by atoms with Crippen LogP contribution in [0, 0.1) is 22.7 Å². The van der Waals surface area contributed by atoms with Crippen molar-refractivity contribution in [3.05, 3.63) is 0 Å². The minimum Gasteiger partial charge on any atom is -0.550 e. The number of hydrogen-bond donors (Lipinski definition) is 4. The number of thioether (sulfide) groups is 1. The van der Waals surface area contributed by atoms with E-state index in [9.17, 15) is 20.1 Å². The van der Waals surface area contributed by atoms with E-state index >= 15 is 0 Å². The van der Waals surface area contributed by atoms with Crippen molar-refractivity contribution in [2.75, 3.05) is 13.7 Å². The second-order valence-electron chi connectivity index (χ2n) is 8.35. The second-order valence-corrected chi connectivity index (χ2v) is 9.73. The van der Waals surface area contributed by atoms with E-state index < -0.39 is 17.5 Å². The average molecular weight is 359 g/mol. The summed E-state index contributed by atoms with van der Waals surface area (Å²) in [6.45, 7) is 4.08. The number of aliphatic hydroxyl groups is 2. The van der Waals surface area contributed by atoms with Gasteiger partial charge in [-0.05, 0) is 44.1 Å². The summed E-state index contributed by atoms with van der Waals surface area (Å²) in [6, 6.07) is 0.241. The fraction of sp³-hybridized carbons (Fsp3) is 0.941. The SMILES string of the molecule is CNC1[NH2+]C2C(C[C@@H]3[C@](C)(CO)[C@H](O)CC[C@@]3(C)[C@@H]2CC(=O)[O-])S1. The number of rotatable bonds is 4. The molecule has 0 radical (unpaired) electrons. The summed E-state index contributed by atoms with van der Waals surface area (Å²) in [7, 11) is 1.93. The number of carbonyl (C=O) groups is 1. The molecule has 24 heavy (non-hydrogen) atoms. The van der Waals surface area contributed by atoms with Crippen molar-refractivity contribution in [3.8, 4) is 0 Å². The first-order valence-electron chi connectivity index (χ1n) is 8.92. The Morgan fingerprint density at radius 3 is 2.75 bits per heavy atom. The monoisotopic (exact) mass is 358 g/mol. The molecule has 8 atom stereocenters. The Hall–Kier alpha value is -0.340. The zero-order valence-corrected chi connectivity index (χ0v) is 15.5. The minimum absolute atomic E-state index is 0.00419. The van der Waals surface area contributed by atoms with E-state index in [0.29, 0.717) is 11.7 Å². The van der Waals surface area contributed by atoms with Gasteiger partial charge in [0.1, 0.15) is 6.04 Å². The van der Waals surface area contributed by atoms with E-state index in [-0.39, 0.29) is 41.8 Å². The number of fused-ring (bicyclic) bond motifs is 2. The van der Waals surface area contributed by atoms with Gasteiger partial charge in [-0.1, -0.05) is 25.6 Å². The Balaban J connectivity index is 1.99. The maximum Gasteiger partial charge on any atom is 0.188 e. The molecule has 0 aromatic carbocycles. The van der Waals surface area contributed by atoms with Crippen LogP contribution in [0.15, 0.2) is 0 Å². The molecule has 3 fully saturated rings. The van der Waals surface area contributed by atoms with Crippen LogP contribution < -0.4 is 15.7 Å². The van der Waals surface area contributed by atoms with E-state index in [1.165, 1.54) is 0 Å². The third kappa shape index (κ3) is 2.69. The molecule has 1 heterocycles. The molecule has 0 aromatic rings. The summed E-state index contributed by atoms with van der Waals surface area (Å²) in [4.78, 5) is 11.5. The van der Waals surface area contributed by atoms with Gasteiger partial charge in [-0.3, -0.25) is 5.32 Å². The van der Waals surface area contributed by atoms with Gasteiger partial charge in [0.25, 0.3) is 0 Å². The van der Waals surface area contributed by atoms with E-state index in [2.05, 4.69) is 17.6 Å². The number of nitrogens with one attached hydrogen (secondary N) is 1. The number of carboxylic acid groups (broad SMARTS) is 1. The molecule has 2 saturated carbocycles. The van der Waals surface area contributed by atoms with Gasteiger partial charge in [-0.2, -0.15) is 0 Å². The van der Waals surface area contributed by atoms with Gasteiger partial charge in [-0.15, -0.1) is 0 Å². The highest BCUT2D eigenvalue weighted by atomic mass is 32.2. The number of carboxylic acids is 1. The summed E-state index contributed by atoms with van der Waals surface area (Å²) in [6.07, 6.45) is 1.86. The van der Waals surface area contributed by atoms with E-state index in [4.69, 9.17) is 0 Å². The van der Waals surface area contributed by atoms with E-state index in [1.54, 1.807) is 0 Å². The first-order valence-corrected chi connectivity index (χ1v) is 9.87. The van der Waals surface area contributed by atoms with E-state index in [1.807, 2.05) is 25.7 Å². The molecule has 1 aliphatic heterocycles. The molecule has 3 aliphatic rings. The molecule has 7 heteroatoms. The summed E-state index contributed by atoms with van der Waals surface area (Å²) in [5.74, 6) is -0.889.